The van der Waals surface area contributed by atoms with Crippen molar-refractivity contribution in [3.8, 4) is 0 Å². The highest BCUT2D eigenvalue weighted by Crippen LogP contribution is 2.18. The van der Waals surface area contributed by atoms with Gasteiger partial charge < -0.3 is 14.2 Å². The molecule has 1 atom stereocenters. The molecule has 0 aromatic heterocycles. The van der Waals surface area contributed by atoms with Gasteiger partial charge in [0.2, 0.25) is 0 Å². The lowest BCUT2D eigenvalue weighted by Gasteiger charge is -2.18. The molecule has 476 valence electrons. The average Bonchev–Trinajstić information content (AvgIpc) is 3.47. The van der Waals surface area contributed by atoms with Crippen LogP contribution in [0.1, 0.15) is 374 Å². The van der Waals surface area contributed by atoms with Crippen LogP contribution in [-0.2, 0) is 28.6 Å². The number of carbonyl (C=O) groups is 3. The molecule has 0 aromatic carbocycles. The van der Waals surface area contributed by atoms with Crippen LogP contribution in [0, 0.1) is 0 Å². The molecule has 6 heteroatoms. The maximum absolute atomic E-state index is 12.9. The van der Waals surface area contributed by atoms with E-state index in [-0.39, 0.29) is 31.1 Å². The van der Waals surface area contributed by atoms with Gasteiger partial charge in [-0.2, -0.15) is 0 Å². The van der Waals surface area contributed by atoms with E-state index in [4.69, 9.17) is 14.2 Å². The molecular formula is C76H136O6. The highest BCUT2D eigenvalue weighted by Gasteiger charge is 2.19. The fourth-order valence-corrected chi connectivity index (χ4v) is 10.6. The number of allylic oxidation sites excluding steroid dienone is 12. The van der Waals surface area contributed by atoms with Gasteiger partial charge in [-0.3, -0.25) is 14.4 Å². The Kier molecular flexibility index (Phi) is 67.6. The Bertz CT molecular complexity index is 1500. The van der Waals surface area contributed by atoms with Crippen molar-refractivity contribution in [2.75, 3.05) is 13.2 Å². The van der Waals surface area contributed by atoms with Crippen molar-refractivity contribution in [3.05, 3.63) is 72.9 Å². The summed E-state index contributed by atoms with van der Waals surface area (Å²) in [6.45, 7) is 6.56. The first-order valence-electron chi connectivity index (χ1n) is 35.9. The lowest BCUT2D eigenvalue weighted by molar-refractivity contribution is -0.167. The van der Waals surface area contributed by atoms with Gasteiger partial charge in [0.05, 0.1) is 0 Å². The molecule has 0 saturated heterocycles. The average molecular weight is 1150 g/mol. The minimum atomic E-state index is -0.774. The van der Waals surface area contributed by atoms with Gasteiger partial charge in [-0.15, -0.1) is 0 Å². The van der Waals surface area contributed by atoms with E-state index < -0.39 is 6.10 Å². The Morgan fingerprint density at radius 1 is 0.256 bits per heavy atom. The summed E-state index contributed by atoms with van der Waals surface area (Å²) in [5.74, 6) is -0.855. The summed E-state index contributed by atoms with van der Waals surface area (Å²) in [4.78, 5) is 38.4. The van der Waals surface area contributed by atoms with E-state index in [9.17, 15) is 14.4 Å². The quantitative estimate of drug-likeness (QED) is 0.0261. The van der Waals surface area contributed by atoms with E-state index in [1.54, 1.807) is 0 Å². The van der Waals surface area contributed by atoms with E-state index in [0.29, 0.717) is 19.3 Å². The summed E-state index contributed by atoms with van der Waals surface area (Å²) in [5.41, 5.74) is 0. The van der Waals surface area contributed by atoms with Crippen LogP contribution in [-0.4, -0.2) is 37.2 Å². The van der Waals surface area contributed by atoms with Crippen LogP contribution in [0.5, 0.6) is 0 Å². The largest absolute Gasteiger partial charge is 0.462 e. The van der Waals surface area contributed by atoms with E-state index >= 15 is 0 Å². The zero-order valence-electron chi connectivity index (χ0n) is 54.8. The predicted octanol–water partition coefficient (Wildman–Crippen LogP) is 24.8. The van der Waals surface area contributed by atoms with Crippen molar-refractivity contribution in [1.29, 1.82) is 0 Å². The van der Waals surface area contributed by atoms with Crippen molar-refractivity contribution in [2.24, 2.45) is 0 Å². The minimum Gasteiger partial charge on any atom is -0.462 e. The van der Waals surface area contributed by atoms with Crippen LogP contribution in [0.4, 0.5) is 0 Å². The van der Waals surface area contributed by atoms with Crippen molar-refractivity contribution in [2.45, 2.75) is 380 Å². The lowest BCUT2D eigenvalue weighted by Crippen LogP contribution is -2.30. The Labute approximate surface area is 510 Å². The maximum Gasteiger partial charge on any atom is 0.306 e. The summed E-state index contributed by atoms with van der Waals surface area (Å²) in [7, 11) is 0. The van der Waals surface area contributed by atoms with E-state index in [2.05, 4.69) is 93.7 Å². The summed E-state index contributed by atoms with van der Waals surface area (Å²) in [6, 6.07) is 0. The fourth-order valence-electron chi connectivity index (χ4n) is 10.6. The van der Waals surface area contributed by atoms with Gasteiger partial charge in [0.25, 0.3) is 0 Å². The first-order valence-corrected chi connectivity index (χ1v) is 35.9. The number of rotatable bonds is 66. The Balaban J connectivity index is 4.10. The number of ether oxygens (including phenoxy) is 3. The number of hydrogen-bond donors (Lipinski definition) is 0. The molecule has 0 bridgehead atoms. The van der Waals surface area contributed by atoms with Crippen LogP contribution in [0.25, 0.3) is 0 Å². The van der Waals surface area contributed by atoms with Gasteiger partial charge in [0.15, 0.2) is 6.10 Å². The van der Waals surface area contributed by atoms with Crippen LogP contribution < -0.4 is 0 Å². The molecular weight excluding hydrogens is 1010 g/mol. The monoisotopic (exact) mass is 1150 g/mol. The molecule has 0 N–H and O–H groups in total. The SMILES string of the molecule is CC/C=C\C/C=C\C/C=C\C/C=C\C/C=C\CCCCCCCCCCCCCCCCCCCCCC(=O)OCC(COC(=O)CCCCCCC/C=C\CCCCCC)OC(=O)CCCCCCCCCCCCCCCCCC. The molecule has 0 aromatic rings. The van der Waals surface area contributed by atoms with Gasteiger partial charge in [-0.25, -0.2) is 0 Å². The van der Waals surface area contributed by atoms with Crippen LogP contribution in [0.15, 0.2) is 72.9 Å². The van der Waals surface area contributed by atoms with Gasteiger partial charge in [-0.1, -0.05) is 338 Å². The molecule has 0 aliphatic heterocycles. The normalized spacial score (nSPS) is 12.5. The highest BCUT2D eigenvalue weighted by atomic mass is 16.6. The number of unbranched alkanes of at least 4 members (excludes halogenated alkanes) is 43. The van der Waals surface area contributed by atoms with Crippen LogP contribution in [0.2, 0.25) is 0 Å². The smallest absolute Gasteiger partial charge is 0.306 e. The number of hydrogen-bond acceptors (Lipinski definition) is 6. The predicted molar refractivity (Wildman–Crippen MR) is 358 cm³/mol. The Morgan fingerprint density at radius 2 is 0.476 bits per heavy atom. The van der Waals surface area contributed by atoms with Crippen molar-refractivity contribution >= 4 is 17.9 Å². The molecule has 0 fully saturated rings. The summed E-state index contributed by atoms with van der Waals surface area (Å²) in [6.07, 6.45) is 92.3. The zero-order valence-corrected chi connectivity index (χ0v) is 54.8. The van der Waals surface area contributed by atoms with Gasteiger partial charge in [0.1, 0.15) is 13.2 Å². The molecule has 1 unspecified atom stereocenters. The Hall–Kier alpha value is -3.15. The minimum absolute atomic E-state index is 0.0711. The zero-order chi connectivity index (χ0) is 59.2. The Morgan fingerprint density at radius 3 is 0.768 bits per heavy atom. The highest BCUT2D eigenvalue weighted by molar-refractivity contribution is 5.71. The molecule has 0 heterocycles. The third-order valence-corrected chi connectivity index (χ3v) is 15.9. The molecule has 0 aliphatic carbocycles. The van der Waals surface area contributed by atoms with Gasteiger partial charge in [-0.05, 0) is 89.9 Å². The van der Waals surface area contributed by atoms with Crippen LogP contribution >= 0.6 is 0 Å². The first kappa shape index (κ1) is 78.8. The van der Waals surface area contributed by atoms with Gasteiger partial charge >= 0.3 is 17.9 Å². The molecule has 0 amide bonds. The second-order valence-electron chi connectivity index (χ2n) is 24.1. The third-order valence-electron chi connectivity index (χ3n) is 15.9. The summed E-state index contributed by atoms with van der Waals surface area (Å²) < 4.78 is 17.0. The standard InChI is InChI=1S/C76H136O6/c1-4-7-10-13-16-19-22-25-27-29-30-31-32-33-34-35-36-37-38-39-40-41-42-43-44-45-46-47-49-51-54-57-60-63-66-69-75(78)81-72-73(71-80-74(77)68-65-62-59-56-53-50-24-21-18-15-12-9-6-3)82-76(79)70-67-64-61-58-55-52-48-28-26-23-20-17-14-11-8-5-2/h7,10,16,19,21,24-25,27,30-31,33-34,73H,4-6,8-9,11-15,17-18,20,22-23,26,28-29,32,35-72H2,1-3H3/b10-7-,19-16-,24-21-,27-25-,31-30-,34-33-. The molecule has 0 radical (unpaired) electrons. The van der Waals surface area contributed by atoms with Crippen molar-refractivity contribution < 1.29 is 28.6 Å². The number of esters is 3. The van der Waals surface area contributed by atoms with Crippen molar-refractivity contribution in [1.82, 2.24) is 0 Å². The molecule has 6 nitrogen and oxygen atoms in total. The first-order chi connectivity index (χ1) is 40.5. The molecule has 0 spiro atoms. The second kappa shape index (κ2) is 70.3. The van der Waals surface area contributed by atoms with Crippen LogP contribution in [0.3, 0.4) is 0 Å². The summed E-state index contributed by atoms with van der Waals surface area (Å²) in [5, 5.41) is 0. The lowest BCUT2D eigenvalue weighted by atomic mass is 10.0. The maximum atomic E-state index is 12.9. The second-order valence-corrected chi connectivity index (χ2v) is 24.1. The topological polar surface area (TPSA) is 78.9 Å². The molecule has 0 saturated carbocycles. The van der Waals surface area contributed by atoms with Gasteiger partial charge in [0, 0.05) is 19.3 Å². The van der Waals surface area contributed by atoms with Crippen molar-refractivity contribution in [3.63, 3.8) is 0 Å². The van der Waals surface area contributed by atoms with E-state index in [0.717, 1.165) is 96.3 Å². The summed E-state index contributed by atoms with van der Waals surface area (Å²) >= 11 is 0. The molecule has 0 rings (SSSR count). The van der Waals surface area contributed by atoms with E-state index in [1.165, 1.54) is 238 Å². The third kappa shape index (κ3) is 67.6. The number of carbonyl (C=O) groups excluding carboxylic acids is 3. The fraction of sp³-hybridized carbons (Fsp3) is 0.803. The molecule has 82 heavy (non-hydrogen) atoms. The molecule has 0 aliphatic rings. The van der Waals surface area contributed by atoms with E-state index in [1.807, 2.05) is 0 Å².